The SMILES string of the molecule is N#CC1C=C(c2ccc(Cl)cc2)N(c2cccc3cccc(N4C(=O)C(C#N)C=C4c4ccc(Cl)cc4)c23)C1=O. The van der Waals surface area contributed by atoms with E-state index in [1.807, 2.05) is 24.3 Å². The van der Waals surface area contributed by atoms with E-state index in [0.717, 1.165) is 5.39 Å². The number of amides is 2. The summed E-state index contributed by atoms with van der Waals surface area (Å²) in [6.45, 7) is 0. The van der Waals surface area contributed by atoms with Gasteiger partial charge in [-0.3, -0.25) is 19.4 Å². The number of anilines is 2. The minimum atomic E-state index is -0.978. The molecule has 0 N–H and O–H groups in total. The van der Waals surface area contributed by atoms with Crippen LogP contribution in [0.25, 0.3) is 22.2 Å². The summed E-state index contributed by atoms with van der Waals surface area (Å²) in [5.41, 5.74) is 3.56. The molecule has 0 aromatic heterocycles. The summed E-state index contributed by atoms with van der Waals surface area (Å²) < 4.78 is 0. The normalized spacial score (nSPS) is 18.5. The van der Waals surface area contributed by atoms with Crippen LogP contribution in [-0.4, -0.2) is 11.8 Å². The summed E-state index contributed by atoms with van der Waals surface area (Å²) in [7, 11) is 0. The highest BCUT2D eigenvalue weighted by Crippen LogP contribution is 2.45. The van der Waals surface area contributed by atoms with Gasteiger partial charge < -0.3 is 0 Å². The zero-order chi connectivity index (χ0) is 28.0. The molecule has 6 rings (SSSR count). The van der Waals surface area contributed by atoms with Crippen LogP contribution in [-0.2, 0) is 9.59 Å². The molecule has 8 heteroatoms. The molecular weight excluding hydrogens is 543 g/mol. The number of nitrogens with zero attached hydrogens (tertiary/aromatic N) is 4. The van der Waals surface area contributed by atoms with Crippen LogP contribution in [0.2, 0.25) is 10.0 Å². The van der Waals surface area contributed by atoms with Crippen LogP contribution in [0.4, 0.5) is 11.4 Å². The topological polar surface area (TPSA) is 88.2 Å². The number of carbonyl (C=O) groups excluding carboxylic acids is 2. The third-order valence-corrected chi connectivity index (χ3v) is 7.51. The lowest BCUT2D eigenvalue weighted by Gasteiger charge is -2.27. The van der Waals surface area contributed by atoms with Gasteiger partial charge in [0.05, 0.1) is 34.9 Å². The van der Waals surface area contributed by atoms with Crippen molar-refractivity contribution in [3.8, 4) is 12.1 Å². The standard InChI is InChI=1S/C32H18Cl2N4O2/c33-24-11-7-19(8-12-24)28-15-22(17-35)31(39)37(28)26-5-1-3-21-4-2-6-27(30(21)26)38-29(16-23(18-36)32(38)40)20-9-13-25(34)14-10-20/h1-16,22-23H. The van der Waals surface area contributed by atoms with Gasteiger partial charge >= 0.3 is 0 Å². The second kappa shape index (κ2) is 10.0. The highest BCUT2D eigenvalue weighted by Gasteiger charge is 2.39. The van der Waals surface area contributed by atoms with Gasteiger partial charge in [0.2, 0.25) is 0 Å². The third-order valence-electron chi connectivity index (χ3n) is 7.00. The zero-order valence-electron chi connectivity index (χ0n) is 20.8. The summed E-state index contributed by atoms with van der Waals surface area (Å²) >= 11 is 12.2. The van der Waals surface area contributed by atoms with Gasteiger partial charge in [0.25, 0.3) is 11.8 Å². The minimum absolute atomic E-state index is 0.397. The Balaban J connectivity index is 1.57. The Bertz CT molecular complexity index is 1720. The predicted octanol–water partition coefficient (Wildman–Crippen LogP) is 7.20. The number of benzene rings is 4. The molecule has 2 amide bonds. The molecule has 2 aliphatic rings. The van der Waals surface area contributed by atoms with E-state index in [1.165, 1.54) is 9.80 Å². The largest absolute Gasteiger partial charge is 0.279 e. The van der Waals surface area contributed by atoms with E-state index < -0.39 is 23.7 Å². The molecule has 2 aliphatic heterocycles. The van der Waals surface area contributed by atoms with Gasteiger partial charge in [-0.15, -0.1) is 0 Å². The van der Waals surface area contributed by atoms with Crippen molar-refractivity contribution in [1.29, 1.82) is 10.5 Å². The fourth-order valence-electron chi connectivity index (χ4n) is 5.17. The van der Waals surface area contributed by atoms with Crippen molar-refractivity contribution in [2.24, 2.45) is 11.8 Å². The van der Waals surface area contributed by atoms with Crippen LogP contribution in [0.5, 0.6) is 0 Å². The van der Waals surface area contributed by atoms with Gasteiger partial charge in [0.1, 0.15) is 11.8 Å². The molecule has 2 unspecified atom stereocenters. The van der Waals surface area contributed by atoms with Crippen molar-refractivity contribution < 1.29 is 9.59 Å². The van der Waals surface area contributed by atoms with E-state index in [2.05, 4.69) is 12.1 Å². The van der Waals surface area contributed by atoms with Gasteiger partial charge in [0, 0.05) is 15.4 Å². The van der Waals surface area contributed by atoms with E-state index in [-0.39, 0.29) is 0 Å². The number of rotatable bonds is 4. The molecule has 4 aromatic rings. The second-order valence-electron chi connectivity index (χ2n) is 9.33. The maximum absolute atomic E-state index is 13.6. The molecule has 0 aliphatic carbocycles. The second-order valence-corrected chi connectivity index (χ2v) is 10.2. The quantitative estimate of drug-likeness (QED) is 0.264. The number of hydrogen-bond acceptors (Lipinski definition) is 4. The van der Waals surface area contributed by atoms with Gasteiger partial charge in [-0.25, -0.2) is 0 Å². The number of hydrogen-bond donors (Lipinski definition) is 0. The molecule has 40 heavy (non-hydrogen) atoms. The Kier molecular flexibility index (Phi) is 6.36. The smallest absolute Gasteiger partial charge is 0.252 e. The molecule has 2 atom stereocenters. The Labute approximate surface area is 240 Å². The lowest BCUT2D eigenvalue weighted by atomic mass is 10.0. The number of nitriles is 2. The van der Waals surface area contributed by atoms with Crippen LogP contribution in [0.3, 0.4) is 0 Å². The van der Waals surface area contributed by atoms with Crippen molar-refractivity contribution in [1.82, 2.24) is 0 Å². The predicted molar refractivity (Wildman–Crippen MR) is 156 cm³/mol. The molecule has 4 aromatic carbocycles. The van der Waals surface area contributed by atoms with Crippen molar-refractivity contribution in [3.05, 3.63) is 118 Å². The summed E-state index contributed by atoms with van der Waals surface area (Å²) in [6.07, 6.45) is 3.28. The first-order valence-corrected chi connectivity index (χ1v) is 13.1. The average molecular weight is 561 g/mol. The van der Waals surface area contributed by atoms with Crippen molar-refractivity contribution >= 4 is 68.6 Å². The van der Waals surface area contributed by atoms with Gasteiger partial charge in [0.15, 0.2) is 0 Å². The summed E-state index contributed by atoms with van der Waals surface area (Å²) in [4.78, 5) is 30.3. The van der Waals surface area contributed by atoms with E-state index >= 15 is 0 Å². The lowest BCUT2D eigenvalue weighted by molar-refractivity contribution is -0.119. The molecule has 192 valence electrons. The molecule has 0 spiro atoms. The van der Waals surface area contributed by atoms with E-state index in [9.17, 15) is 20.1 Å². The molecule has 0 saturated heterocycles. The van der Waals surface area contributed by atoms with Crippen LogP contribution < -0.4 is 9.80 Å². The Morgan fingerprint density at radius 1 is 0.600 bits per heavy atom. The van der Waals surface area contributed by atoms with E-state index in [1.54, 1.807) is 72.8 Å². The Hall–Kier alpha value is -4.88. The van der Waals surface area contributed by atoms with Crippen LogP contribution in [0.1, 0.15) is 11.1 Å². The molecule has 0 radical (unpaired) electrons. The fourth-order valence-corrected chi connectivity index (χ4v) is 5.42. The Morgan fingerprint density at radius 3 is 1.38 bits per heavy atom. The molecule has 0 fully saturated rings. The zero-order valence-corrected chi connectivity index (χ0v) is 22.3. The maximum atomic E-state index is 13.6. The van der Waals surface area contributed by atoms with Crippen molar-refractivity contribution in [3.63, 3.8) is 0 Å². The number of fused-ring (bicyclic) bond motifs is 1. The lowest BCUT2D eigenvalue weighted by Crippen LogP contribution is -2.30. The highest BCUT2D eigenvalue weighted by atomic mass is 35.5. The van der Waals surface area contributed by atoms with E-state index in [4.69, 9.17) is 23.2 Å². The molecular formula is C32H18Cl2N4O2. The highest BCUT2D eigenvalue weighted by molar-refractivity contribution is 6.31. The third kappa shape index (κ3) is 4.12. The summed E-state index contributed by atoms with van der Waals surface area (Å²) in [5, 5.41) is 22.0. The van der Waals surface area contributed by atoms with Crippen molar-refractivity contribution in [2.45, 2.75) is 0 Å². The van der Waals surface area contributed by atoms with Crippen LogP contribution >= 0.6 is 23.2 Å². The fraction of sp³-hybridized carbons (Fsp3) is 0.0625. The van der Waals surface area contributed by atoms with Crippen LogP contribution in [0, 0.1) is 34.5 Å². The average Bonchev–Trinajstić information content (AvgIpc) is 3.49. The molecule has 0 saturated carbocycles. The number of carbonyl (C=O) groups is 2. The Morgan fingerprint density at radius 2 is 1.00 bits per heavy atom. The van der Waals surface area contributed by atoms with E-state index in [0.29, 0.717) is 49.3 Å². The van der Waals surface area contributed by atoms with Gasteiger partial charge in [-0.1, -0.05) is 71.7 Å². The monoisotopic (exact) mass is 560 g/mol. The van der Waals surface area contributed by atoms with Crippen LogP contribution in [0.15, 0.2) is 97.1 Å². The summed E-state index contributed by atoms with van der Waals surface area (Å²) in [6, 6.07) is 29.3. The summed E-state index contributed by atoms with van der Waals surface area (Å²) in [5.74, 6) is -2.75. The van der Waals surface area contributed by atoms with Gasteiger partial charge in [-0.2, -0.15) is 10.5 Å². The number of halogens is 2. The molecule has 0 bridgehead atoms. The first-order chi connectivity index (χ1) is 19.4. The first kappa shape index (κ1) is 25.4. The maximum Gasteiger partial charge on any atom is 0.252 e. The van der Waals surface area contributed by atoms with Crippen molar-refractivity contribution in [2.75, 3.05) is 9.80 Å². The first-order valence-electron chi connectivity index (χ1n) is 12.4. The van der Waals surface area contributed by atoms with Gasteiger partial charge in [-0.05, 0) is 65.1 Å². The molecule has 6 nitrogen and oxygen atoms in total. The molecule has 2 heterocycles. The minimum Gasteiger partial charge on any atom is -0.279 e.